The molecule has 58 heavy (non-hydrogen) atoms. The molecular formula is C48H95NO9. The van der Waals surface area contributed by atoms with Gasteiger partial charge in [-0.25, -0.2) is 0 Å². The predicted octanol–water partition coefficient (Wildman–Crippen LogP) is 9.56. The number of aliphatic hydroxyl groups excluding tert-OH is 6. The first kappa shape index (κ1) is 55.2. The lowest BCUT2D eigenvalue weighted by molar-refractivity contribution is -0.303. The summed E-state index contributed by atoms with van der Waals surface area (Å²) >= 11 is 0. The summed E-state index contributed by atoms with van der Waals surface area (Å²) in [5, 5.41) is 65.2. The van der Waals surface area contributed by atoms with Crippen LogP contribution in [0.15, 0.2) is 0 Å². The SMILES string of the molecule is CCCCCCCCCCCCCCCCCCCCCCCC(=O)NC(CO[C@H]1O[C@H](CO)[C@H](O)[C@H](O)[C@H]1O)C(O)C(O)CCCCCCCCCCCC(C)C. The standard InChI is InChI=1S/C48H95NO9/c1-4-5-6-7-8-9-10-11-12-13-14-15-16-17-18-19-20-24-27-30-33-36-43(52)49-40(38-57-48-47(56)46(55)45(54)42(37-50)58-48)44(53)41(51)35-32-29-26-23-21-22-25-28-31-34-39(2)3/h39-42,44-48,50-51,53-56H,4-38H2,1-3H3,(H,49,52)/t40?,41?,42-,44?,45+,46+,47-,48+/m1/s1. The first-order valence-corrected chi connectivity index (χ1v) is 24.7. The van der Waals surface area contributed by atoms with Crippen molar-refractivity contribution in [1.82, 2.24) is 5.32 Å². The van der Waals surface area contributed by atoms with E-state index in [1.807, 2.05) is 0 Å². The van der Waals surface area contributed by atoms with E-state index in [0.717, 1.165) is 50.9 Å². The highest BCUT2D eigenvalue weighted by Gasteiger charge is 2.44. The van der Waals surface area contributed by atoms with E-state index in [0.29, 0.717) is 6.42 Å². The number of ether oxygens (including phenoxy) is 2. The molecule has 346 valence electrons. The van der Waals surface area contributed by atoms with Crippen molar-refractivity contribution in [2.75, 3.05) is 13.2 Å². The molecule has 0 aliphatic carbocycles. The van der Waals surface area contributed by atoms with Crippen molar-refractivity contribution in [3.8, 4) is 0 Å². The van der Waals surface area contributed by atoms with Gasteiger partial charge < -0.3 is 45.4 Å². The molecular weight excluding hydrogens is 735 g/mol. The van der Waals surface area contributed by atoms with Crippen LogP contribution in [0.25, 0.3) is 0 Å². The molecule has 3 unspecified atom stereocenters. The summed E-state index contributed by atoms with van der Waals surface area (Å²) < 4.78 is 11.2. The Balaban J connectivity index is 2.31. The predicted molar refractivity (Wildman–Crippen MR) is 237 cm³/mol. The Kier molecular flexibility index (Phi) is 36.0. The third kappa shape index (κ3) is 28.6. The molecule has 1 amide bonds. The van der Waals surface area contributed by atoms with Crippen molar-refractivity contribution < 1.29 is 44.9 Å². The molecule has 1 fully saturated rings. The highest BCUT2D eigenvalue weighted by Crippen LogP contribution is 2.23. The number of carbonyl (C=O) groups excluding carboxylic acids is 1. The van der Waals surface area contributed by atoms with E-state index in [4.69, 9.17) is 9.47 Å². The molecule has 1 heterocycles. The van der Waals surface area contributed by atoms with E-state index in [2.05, 4.69) is 26.1 Å². The van der Waals surface area contributed by atoms with Gasteiger partial charge in [0.1, 0.15) is 30.5 Å². The minimum Gasteiger partial charge on any atom is -0.394 e. The van der Waals surface area contributed by atoms with Crippen LogP contribution in [0.2, 0.25) is 0 Å². The van der Waals surface area contributed by atoms with Crippen molar-refractivity contribution in [1.29, 1.82) is 0 Å². The second-order valence-corrected chi connectivity index (χ2v) is 18.2. The van der Waals surface area contributed by atoms with Crippen LogP contribution >= 0.6 is 0 Å². The largest absolute Gasteiger partial charge is 0.394 e. The second-order valence-electron chi connectivity index (χ2n) is 18.2. The number of rotatable bonds is 41. The van der Waals surface area contributed by atoms with Crippen LogP contribution in [0, 0.1) is 5.92 Å². The maximum absolute atomic E-state index is 13.0. The van der Waals surface area contributed by atoms with Gasteiger partial charge in [0.2, 0.25) is 5.91 Å². The lowest BCUT2D eigenvalue weighted by Gasteiger charge is -2.40. The van der Waals surface area contributed by atoms with Crippen molar-refractivity contribution in [2.24, 2.45) is 5.92 Å². The molecule has 1 rings (SSSR count). The Bertz CT molecular complexity index is 908. The van der Waals surface area contributed by atoms with Crippen molar-refractivity contribution in [3.05, 3.63) is 0 Å². The zero-order valence-corrected chi connectivity index (χ0v) is 37.9. The average molecular weight is 830 g/mol. The fourth-order valence-electron chi connectivity index (χ4n) is 8.21. The second kappa shape index (κ2) is 37.9. The van der Waals surface area contributed by atoms with Crippen LogP contribution in [0.4, 0.5) is 0 Å². The minimum atomic E-state index is -1.60. The zero-order chi connectivity index (χ0) is 42.6. The molecule has 10 heteroatoms. The molecule has 8 atom stereocenters. The number of hydrogen-bond donors (Lipinski definition) is 7. The zero-order valence-electron chi connectivity index (χ0n) is 37.9. The number of amides is 1. The highest BCUT2D eigenvalue weighted by atomic mass is 16.7. The lowest BCUT2D eigenvalue weighted by Crippen LogP contribution is -2.60. The molecule has 0 aromatic rings. The summed E-state index contributed by atoms with van der Waals surface area (Å²) in [5.41, 5.74) is 0. The molecule has 1 saturated heterocycles. The summed E-state index contributed by atoms with van der Waals surface area (Å²) in [7, 11) is 0. The Labute approximate surface area is 356 Å². The minimum absolute atomic E-state index is 0.254. The number of unbranched alkanes of at least 4 members (excludes halogenated alkanes) is 28. The Morgan fingerprint density at radius 1 is 0.569 bits per heavy atom. The molecule has 0 saturated carbocycles. The number of aliphatic hydroxyl groups is 6. The normalized spacial score (nSPS) is 21.4. The van der Waals surface area contributed by atoms with Crippen molar-refractivity contribution >= 4 is 5.91 Å². The van der Waals surface area contributed by atoms with E-state index in [1.54, 1.807) is 0 Å². The van der Waals surface area contributed by atoms with Crippen LogP contribution in [0.1, 0.15) is 233 Å². The van der Waals surface area contributed by atoms with Crippen molar-refractivity contribution in [2.45, 2.75) is 282 Å². The average Bonchev–Trinajstić information content (AvgIpc) is 3.21. The van der Waals surface area contributed by atoms with E-state index < -0.39 is 55.6 Å². The molecule has 0 radical (unpaired) electrons. The van der Waals surface area contributed by atoms with Gasteiger partial charge in [-0.05, 0) is 18.8 Å². The Morgan fingerprint density at radius 3 is 1.38 bits per heavy atom. The van der Waals surface area contributed by atoms with E-state index >= 15 is 0 Å². The Morgan fingerprint density at radius 2 is 0.966 bits per heavy atom. The summed E-state index contributed by atoms with van der Waals surface area (Å²) in [5.74, 6) is 0.522. The summed E-state index contributed by atoms with van der Waals surface area (Å²) in [6.45, 7) is 5.93. The van der Waals surface area contributed by atoms with Gasteiger partial charge in [0.15, 0.2) is 6.29 Å². The van der Waals surface area contributed by atoms with Crippen LogP contribution in [-0.4, -0.2) is 98.7 Å². The van der Waals surface area contributed by atoms with Gasteiger partial charge >= 0.3 is 0 Å². The summed E-state index contributed by atoms with van der Waals surface area (Å²) in [6.07, 6.45) is 29.8. The molecule has 7 N–H and O–H groups in total. The quantitative estimate of drug-likeness (QED) is 0.0297. The van der Waals surface area contributed by atoms with E-state index in [9.17, 15) is 35.4 Å². The van der Waals surface area contributed by atoms with Gasteiger partial charge in [-0.2, -0.15) is 0 Å². The maximum Gasteiger partial charge on any atom is 0.220 e. The summed E-state index contributed by atoms with van der Waals surface area (Å²) in [4.78, 5) is 13.0. The van der Waals surface area contributed by atoms with Crippen LogP contribution < -0.4 is 5.32 Å². The topological polar surface area (TPSA) is 169 Å². The third-order valence-corrected chi connectivity index (χ3v) is 12.2. The molecule has 1 aliphatic rings. The van der Waals surface area contributed by atoms with Gasteiger partial charge in [-0.15, -0.1) is 0 Å². The molecule has 10 nitrogen and oxygen atoms in total. The van der Waals surface area contributed by atoms with Gasteiger partial charge in [0.25, 0.3) is 0 Å². The highest BCUT2D eigenvalue weighted by molar-refractivity contribution is 5.76. The monoisotopic (exact) mass is 830 g/mol. The van der Waals surface area contributed by atoms with Crippen LogP contribution in [-0.2, 0) is 14.3 Å². The first-order valence-electron chi connectivity index (χ1n) is 24.7. The number of hydrogen-bond acceptors (Lipinski definition) is 9. The van der Waals surface area contributed by atoms with Crippen LogP contribution in [0.3, 0.4) is 0 Å². The first-order chi connectivity index (χ1) is 28.1. The Hall–Kier alpha value is -0.850. The summed E-state index contributed by atoms with van der Waals surface area (Å²) in [6, 6.07) is -0.986. The van der Waals surface area contributed by atoms with E-state index in [1.165, 1.54) is 154 Å². The lowest BCUT2D eigenvalue weighted by atomic mass is 9.98. The smallest absolute Gasteiger partial charge is 0.220 e. The van der Waals surface area contributed by atoms with Gasteiger partial charge in [0, 0.05) is 6.42 Å². The molecule has 0 aromatic carbocycles. The maximum atomic E-state index is 13.0. The third-order valence-electron chi connectivity index (χ3n) is 12.2. The van der Waals surface area contributed by atoms with Gasteiger partial charge in [-0.3, -0.25) is 4.79 Å². The van der Waals surface area contributed by atoms with Crippen molar-refractivity contribution in [3.63, 3.8) is 0 Å². The van der Waals surface area contributed by atoms with Gasteiger partial charge in [0.05, 0.1) is 25.4 Å². The molecule has 0 bridgehead atoms. The molecule has 1 aliphatic heterocycles. The van der Waals surface area contributed by atoms with Gasteiger partial charge in [-0.1, -0.05) is 213 Å². The van der Waals surface area contributed by atoms with Crippen LogP contribution in [0.5, 0.6) is 0 Å². The molecule has 0 aromatic heterocycles. The molecule has 0 spiro atoms. The fraction of sp³-hybridized carbons (Fsp3) is 0.979. The number of nitrogens with one attached hydrogen (secondary N) is 1. The van der Waals surface area contributed by atoms with E-state index in [-0.39, 0.29) is 18.9 Å². The fourth-order valence-corrected chi connectivity index (χ4v) is 8.21. The number of carbonyl (C=O) groups is 1.